The Bertz CT molecular complexity index is 564. The summed E-state index contributed by atoms with van der Waals surface area (Å²) in [4.78, 5) is 12.0. The van der Waals surface area contributed by atoms with Gasteiger partial charge in [-0.1, -0.05) is 53.5 Å². The molecule has 0 saturated heterocycles. The summed E-state index contributed by atoms with van der Waals surface area (Å²) < 4.78 is 0. The number of halogens is 2. The summed E-state index contributed by atoms with van der Waals surface area (Å²) >= 11 is 11.8. The number of carbonyl (C=O) groups is 1. The molecule has 1 nitrogen and oxygen atoms in total. The van der Waals surface area contributed by atoms with E-state index >= 15 is 0 Å². The Kier molecular flexibility index (Phi) is 5.00. The van der Waals surface area contributed by atoms with E-state index in [4.69, 9.17) is 23.2 Å². The molecule has 0 amide bonds. The van der Waals surface area contributed by atoms with Crippen LogP contribution in [0.5, 0.6) is 0 Å². The molecule has 0 aliphatic rings. The van der Waals surface area contributed by atoms with Crippen molar-refractivity contribution in [3.05, 3.63) is 69.7 Å². The Hall–Kier alpha value is -1.31. The van der Waals surface area contributed by atoms with Crippen LogP contribution in [-0.4, -0.2) is 5.78 Å². The zero-order valence-electron chi connectivity index (χ0n) is 10.4. The highest BCUT2D eigenvalue weighted by Crippen LogP contribution is 2.22. The molecule has 0 bridgehead atoms. The SMILES string of the molecule is O=C(CCCc1ccccc1)c1ccc(Cl)cc1Cl. The molecule has 0 heterocycles. The lowest BCUT2D eigenvalue weighted by Gasteiger charge is -2.04. The monoisotopic (exact) mass is 292 g/mol. The molecule has 19 heavy (non-hydrogen) atoms. The van der Waals surface area contributed by atoms with Gasteiger partial charge in [0, 0.05) is 17.0 Å². The van der Waals surface area contributed by atoms with E-state index in [1.54, 1.807) is 18.2 Å². The third-order valence-corrected chi connectivity index (χ3v) is 3.49. The van der Waals surface area contributed by atoms with Gasteiger partial charge in [0.15, 0.2) is 5.78 Å². The zero-order chi connectivity index (χ0) is 13.7. The highest BCUT2D eigenvalue weighted by Gasteiger charge is 2.10. The summed E-state index contributed by atoms with van der Waals surface area (Å²) in [5, 5.41) is 0.975. The Morgan fingerprint density at radius 1 is 1.00 bits per heavy atom. The number of rotatable bonds is 5. The predicted molar refractivity (Wildman–Crippen MR) is 80.2 cm³/mol. The van der Waals surface area contributed by atoms with Crippen molar-refractivity contribution in [2.24, 2.45) is 0 Å². The molecule has 0 unspecified atom stereocenters. The van der Waals surface area contributed by atoms with Crippen molar-refractivity contribution in [2.75, 3.05) is 0 Å². The van der Waals surface area contributed by atoms with Crippen LogP contribution in [0.4, 0.5) is 0 Å². The van der Waals surface area contributed by atoms with Crippen LogP contribution < -0.4 is 0 Å². The Morgan fingerprint density at radius 2 is 1.74 bits per heavy atom. The van der Waals surface area contributed by atoms with Gasteiger partial charge in [-0.2, -0.15) is 0 Å². The summed E-state index contributed by atoms with van der Waals surface area (Å²) in [5.74, 6) is 0.0672. The molecule has 0 spiro atoms. The van der Waals surface area contributed by atoms with Gasteiger partial charge in [0.2, 0.25) is 0 Å². The molecular formula is C16H14Cl2O. The fourth-order valence-electron chi connectivity index (χ4n) is 1.95. The van der Waals surface area contributed by atoms with Crippen LogP contribution in [0, 0.1) is 0 Å². The average Bonchev–Trinajstić information content (AvgIpc) is 2.39. The van der Waals surface area contributed by atoms with Gasteiger partial charge in [0.1, 0.15) is 0 Å². The second-order valence-electron chi connectivity index (χ2n) is 4.39. The number of benzene rings is 2. The molecule has 0 radical (unpaired) electrons. The van der Waals surface area contributed by atoms with Gasteiger partial charge in [-0.3, -0.25) is 4.79 Å². The fraction of sp³-hybridized carbons (Fsp3) is 0.188. The second kappa shape index (κ2) is 6.74. The molecule has 0 aliphatic carbocycles. The van der Waals surface area contributed by atoms with Crippen LogP contribution in [0.15, 0.2) is 48.5 Å². The molecule has 0 atom stereocenters. The Balaban J connectivity index is 1.91. The molecule has 3 heteroatoms. The first-order valence-corrected chi connectivity index (χ1v) is 6.94. The van der Waals surface area contributed by atoms with Crippen molar-refractivity contribution in [3.8, 4) is 0 Å². The largest absolute Gasteiger partial charge is 0.294 e. The first kappa shape index (κ1) is 14.1. The first-order chi connectivity index (χ1) is 9.16. The number of hydrogen-bond acceptors (Lipinski definition) is 1. The lowest BCUT2D eigenvalue weighted by molar-refractivity contribution is 0.0980. The standard InChI is InChI=1S/C16H14Cl2O/c17-13-9-10-14(15(18)11-13)16(19)8-4-7-12-5-2-1-3-6-12/h1-3,5-6,9-11H,4,7-8H2. The average molecular weight is 293 g/mol. The minimum Gasteiger partial charge on any atom is -0.294 e. The predicted octanol–water partition coefficient (Wildman–Crippen LogP) is 5.20. The maximum atomic E-state index is 12.0. The van der Waals surface area contributed by atoms with E-state index in [1.807, 2.05) is 18.2 Å². The summed E-state index contributed by atoms with van der Waals surface area (Å²) in [6, 6.07) is 15.1. The quantitative estimate of drug-likeness (QED) is 0.692. The highest BCUT2D eigenvalue weighted by atomic mass is 35.5. The number of hydrogen-bond donors (Lipinski definition) is 0. The number of Topliss-reactive ketones (excluding diaryl/α,β-unsaturated/α-hetero) is 1. The maximum Gasteiger partial charge on any atom is 0.164 e. The van der Waals surface area contributed by atoms with Crippen molar-refractivity contribution < 1.29 is 4.79 Å². The lowest BCUT2D eigenvalue weighted by atomic mass is 10.0. The van der Waals surface area contributed by atoms with Crippen LogP contribution in [-0.2, 0) is 6.42 Å². The fourth-order valence-corrected chi connectivity index (χ4v) is 2.46. The van der Waals surface area contributed by atoms with Crippen LogP contribution in [0.2, 0.25) is 10.0 Å². The summed E-state index contributed by atoms with van der Waals surface area (Å²) in [7, 11) is 0. The molecular weight excluding hydrogens is 279 g/mol. The zero-order valence-corrected chi connectivity index (χ0v) is 11.9. The number of ketones is 1. The molecule has 2 aromatic carbocycles. The van der Waals surface area contributed by atoms with E-state index in [1.165, 1.54) is 5.56 Å². The third-order valence-electron chi connectivity index (χ3n) is 2.94. The molecule has 0 fully saturated rings. The van der Waals surface area contributed by atoms with Crippen molar-refractivity contribution in [3.63, 3.8) is 0 Å². The van der Waals surface area contributed by atoms with E-state index in [2.05, 4.69) is 12.1 Å². The molecule has 0 saturated carbocycles. The molecule has 2 rings (SSSR count). The topological polar surface area (TPSA) is 17.1 Å². The van der Waals surface area contributed by atoms with Crippen LogP contribution in [0.25, 0.3) is 0 Å². The van der Waals surface area contributed by atoms with Gasteiger partial charge in [0.25, 0.3) is 0 Å². The Labute approximate surface area is 123 Å². The van der Waals surface area contributed by atoms with Gasteiger partial charge >= 0.3 is 0 Å². The minimum atomic E-state index is 0.0672. The lowest BCUT2D eigenvalue weighted by Crippen LogP contribution is -2.01. The summed E-state index contributed by atoms with van der Waals surface area (Å²) in [5.41, 5.74) is 1.80. The van der Waals surface area contributed by atoms with Crippen molar-refractivity contribution in [1.29, 1.82) is 0 Å². The third kappa shape index (κ3) is 4.09. The summed E-state index contributed by atoms with van der Waals surface area (Å²) in [6.07, 6.45) is 2.22. The van der Waals surface area contributed by atoms with Gasteiger partial charge in [-0.05, 0) is 36.6 Å². The molecule has 0 N–H and O–H groups in total. The van der Waals surface area contributed by atoms with E-state index < -0.39 is 0 Å². The molecule has 0 aromatic heterocycles. The van der Waals surface area contributed by atoms with Gasteiger partial charge in [-0.25, -0.2) is 0 Å². The van der Waals surface area contributed by atoms with Crippen LogP contribution in [0.3, 0.4) is 0 Å². The normalized spacial score (nSPS) is 10.4. The maximum absolute atomic E-state index is 12.0. The second-order valence-corrected chi connectivity index (χ2v) is 5.23. The van der Waals surface area contributed by atoms with Gasteiger partial charge in [0.05, 0.1) is 5.02 Å². The molecule has 0 aliphatic heterocycles. The molecule has 2 aromatic rings. The number of carbonyl (C=O) groups excluding carboxylic acids is 1. The molecule has 98 valence electrons. The van der Waals surface area contributed by atoms with E-state index in [-0.39, 0.29) is 5.78 Å². The van der Waals surface area contributed by atoms with E-state index in [0.717, 1.165) is 12.8 Å². The van der Waals surface area contributed by atoms with E-state index in [9.17, 15) is 4.79 Å². The Morgan fingerprint density at radius 3 is 2.42 bits per heavy atom. The van der Waals surface area contributed by atoms with Gasteiger partial charge < -0.3 is 0 Å². The minimum absolute atomic E-state index is 0.0672. The first-order valence-electron chi connectivity index (χ1n) is 6.19. The van der Waals surface area contributed by atoms with Crippen LogP contribution in [0.1, 0.15) is 28.8 Å². The van der Waals surface area contributed by atoms with Crippen molar-refractivity contribution in [1.82, 2.24) is 0 Å². The number of aryl methyl sites for hydroxylation is 1. The van der Waals surface area contributed by atoms with E-state index in [0.29, 0.717) is 22.0 Å². The van der Waals surface area contributed by atoms with Crippen molar-refractivity contribution >= 4 is 29.0 Å². The van der Waals surface area contributed by atoms with Crippen molar-refractivity contribution in [2.45, 2.75) is 19.3 Å². The smallest absolute Gasteiger partial charge is 0.164 e. The van der Waals surface area contributed by atoms with Gasteiger partial charge in [-0.15, -0.1) is 0 Å². The highest BCUT2D eigenvalue weighted by molar-refractivity contribution is 6.36. The van der Waals surface area contributed by atoms with Crippen LogP contribution >= 0.6 is 23.2 Å². The summed E-state index contributed by atoms with van der Waals surface area (Å²) in [6.45, 7) is 0.